The molecule has 0 bridgehead atoms. The predicted molar refractivity (Wildman–Crippen MR) is 52.1 cm³/mol. The lowest BCUT2D eigenvalue weighted by Crippen LogP contribution is -2.32. The first-order valence-electron chi connectivity index (χ1n) is 4.66. The fourth-order valence-electron chi connectivity index (χ4n) is 1.30. The van der Waals surface area contributed by atoms with E-state index in [0.717, 1.165) is 5.56 Å². The topological polar surface area (TPSA) is 37.3 Å². The normalized spacial score (nSPS) is 13.5. The van der Waals surface area contributed by atoms with Crippen LogP contribution < -0.4 is 0 Å². The minimum atomic E-state index is -4.71. The fourth-order valence-corrected chi connectivity index (χ4v) is 1.30. The summed E-state index contributed by atoms with van der Waals surface area (Å²) in [6.07, 6.45) is -5.24. The first-order chi connectivity index (χ1) is 7.30. The highest BCUT2D eigenvalue weighted by molar-refractivity contribution is 5.71. The minimum absolute atomic E-state index is 0.371. The van der Waals surface area contributed by atoms with Crippen LogP contribution in [0.5, 0.6) is 0 Å². The molecule has 0 aliphatic heterocycles. The summed E-state index contributed by atoms with van der Waals surface area (Å²) in [4.78, 5) is 10.5. The molecule has 0 fully saturated rings. The summed E-state index contributed by atoms with van der Waals surface area (Å²) >= 11 is 0. The van der Waals surface area contributed by atoms with Gasteiger partial charge in [-0.05, 0) is 18.9 Å². The van der Waals surface area contributed by atoms with E-state index < -0.39 is 24.5 Å². The summed E-state index contributed by atoms with van der Waals surface area (Å²) in [6, 6.07) is 6.34. The molecule has 0 saturated carbocycles. The second-order valence-electron chi connectivity index (χ2n) is 3.62. The van der Waals surface area contributed by atoms with E-state index in [4.69, 9.17) is 5.11 Å². The second kappa shape index (κ2) is 4.55. The van der Waals surface area contributed by atoms with E-state index in [1.54, 1.807) is 12.1 Å². The van der Waals surface area contributed by atoms with Crippen molar-refractivity contribution in [3.05, 3.63) is 35.4 Å². The second-order valence-corrected chi connectivity index (χ2v) is 3.62. The first-order valence-corrected chi connectivity index (χ1v) is 4.66. The largest absolute Gasteiger partial charge is 0.481 e. The van der Waals surface area contributed by atoms with Crippen molar-refractivity contribution in [1.29, 1.82) is 0 Å². The first kappa shape index (κ1) is 12.5. The van der Waals surface area contributed by atoms with Crippen molar-refractivity contribution < 1.29 is 23.1 Å². The Morgan fingerprint density at radius 3 is 2.19 bits per heavy atom. The number of aliphatic carboxylic acids is 1. The maximum Gasteiger partial charge on any atom is 0.402 e. The molecular weight excluding hydrogens is 221 g/mol. The molecule has 1 rings (SSSR count). The molecule has 1 aromatic rings. The van der Waals surface area contributed by atoms with Gasteiger partial charge in [-0.3, -0.25) is 4.79 Å². The highest BCUT2D eigenvalue weighted by Gasteiger charge is 2.44. The average molecular weight is 232 g/mol. The average Bonchev–Trinajstić information content (AvgIpc) is 2.14. The quantitative estimate of drug-likeness (QED) is 0.870. The number of carbonyl (C=O) groups is 1. The van der Waals surface area contributed by atoms with Crippen LogP contribution in [0.25, 0.3) is 0 Å². The zero-order valence-electron chi connectivity index (χ0n) is 8.58. The smallest absolute Gasteiger partial charge is 0.402 e. The van der Waals surface area contributed by atoms with Gasteiger partial charge in [0.25, 0.3) is 0 Å². The van der Waals surface area contributed by atoms with Crippen molar-refractivity contribution in [2.45, 2.75) is 19.5 Å². The number of carboxylic acid groups (broad SMARTS) is 1. The third kappa shape index (κ3) is 3.25. The van der Waals surface area contributed by atoms with Gasteiger partial charge in [0.15, 0.2) is 5.92 Å². The number of benzene rings is 1. The van der Waals surface area contributed by atoms with E-state index >= 15 is 0 Å². The van der Waals surface area contributed by atoms with Crippen molar-refractivity contribution in [2.24, 2.45) is 5.92 Å². The molecule has 88 valence electrons. The van der Waals surface area contributed by atoms with E-state index in [0.29, 0.717) is 5.56 Å². The third-order valence-electron chi connectivity index (χ3n) is 2.25. The molecule has 0 spiro atoms. The molecule has 0 unspecified atom stereocenters. The number of hydrogen-bond donors (Lipinski definition) is 1. The predicted octanol–water partition coefficient (Wildman–Crippen LogP) is 2.80. The number of aryl methyl sites for hydroxylation is 1. The zero-order chi connectivity index (χ0) is 12.3. The Kier molecular flexibility index (Phi) is 3.57. The number of alkyl halides is 3. The Labute approximate surface area is 90.7 Å². The van der Waals surface area contributed by atoms with Crippen LogP contribution in [0.15, 0.2) is 24.3 Å². The third-order valence-corrected chi connectivity index (χ3v) is 2.25. The van der Waals surface area contributed by atoms with Crippen LogP contribution in [-0.2, 0) is 11.2 Å². The summed E-state index contributed by atoms with van der Waals surface area (Å²) < 4.78 is 37.1. The molecule has 1 atom stereocenters. The van der Waals surface area contributed by atoms with Gasteiger partial charge in [0, 0.05) is 0 Å². The molecule has 0 aliphatic carbocycles. The molecule has 0 aliphatic rings. The number of carboxylic acids is 1. The van der Waals surface area contributed by atoms with Gasteiger partial charge in [-0.1, -0.05) is 29.8 Å². The van der Waals surface area contributed by atoms with E-state index in [2.05, 4.69) is 0 Å². The van der Waals surface area contributed by atoms with Gasteiger partial charge in [0.05, 0.1) is 0 Å². The fraction of sp³-hybridized carbons (Fsp3) is 0.364. The van der Waals surface area contributed by atoms with Gasteiger partial charge < -0.3 is 5.11 Å². The standard InChI is InChI=1S/C11H11F3O2/c1-7-2-4-8(5-3-7)6-9(10(15)16)11(12,13)14/h2-5,9H,6H2,1H3,(H,15,16)/t9-/m1/s1. The summed E-state index contributed by atoms with van der Waals surface area (Å²) in [6.45, 7) is 1.81. The van der Waals surface area contributed by atoms with Gasteiger partial charge >= 0.3 is 12.1 Å². The lowest BCUT2D eigenvalue weighted by molar-refractivity contribution is -0.193. The molecule has 1 N–H and O–H groups in total. The van der Waals surface area contributed by atoms with Crippen LogP contribution in [0.2, 0.25) is 0 Å². The van der Waals surface area contributed by atoms with Crippen LogP contribution >= 0.6 is 0 Å². The van der Waals surface area contributed by atoms with Crippen molar-refractivity contribution >= 4 is 5.97 Å². The lowest BCUT2D eigenvalue weighted by Gasteiger charge is -2.15. The Balaban J connectivity index is 2.84. The highest BCUT2D eigenvalue weighted by Crippen LogP contribution is 2.29. The van der Waals surface area contributed by atoms with E-state index in [9.17, 15) is 18.0 Å². The molecule has 0 aromatic heterocycles. The van der Waals surface area contributed by atoms with Gasteiger partial charge in [-0.15, -0.1) is 0 Å². The molecule has 16 heavy (non-hydrogen) atoms. The Bertz CT molecular complexity index is 368. The van der Waals surface area contributed by atoms with E-state index in [1.165, 1.54) is 12.1 Å². The summed E-state index contributed by atoms with van der Waals surface area (Å²) in [5, 5.41) is 8.50. The maximum atomic E-state index is 12.4. The van der Waals surface area contributed by atoms with Gasteiger partial charge in [0.2, 0.25) is 0 Å². The van der Waals surface area contributed by atoms with Crippen LogP contribution in [0.4, 0.5) is 13.2 Å². The van der Waals surface area contributed by atoms with E-state index in [1.807, 2.05) is 6.92 Å². The van der Waals surface area contributed by atoms with Gasteiger partial charge in [0.1, 0.15) is 0 Å². The van der Waals surface area contributed by atoms with Crippen molar-refractivity contribution in [1.82, 2.24) is 0 Å². The van der Waals surface area contributed by atoms with Crippen LogP contribution in [0, 0.1) is 12.8 Å². The Hall–Kier alpha value is -1.52. The van der Waals surface area contributed by atoms with Crippen LogP contribution in [0.3, 0.4) is 0 Å². The molecule has 2 nitrogen and oxygen atoms in total. The molecular formula is C11H11F3O2. The molecule has 0 heterocycles. The molecule has 0 amide bonds. The Morgan fingerprint density at radius 1 is 1.31 bits per heavy atom. The molecule has 0 radical (unpaired) electrons. The summed E-state index contributed by atoms with van der Waals surface area (Å²) in [5.41, 5.74) is 1.29. The summed E-state index contributed by atoms with van der Waals surface area (Å²) in [7, 11) is 0. The number of halogens is 3. The van der Waals surface area contributed by atoms with Crippen LogP contribution in [-0.4, -0.2) is 17.3 Å². The van der Waals surface area contributed by atoms with Crippen molar-refractivity contribution in [2.75, 3.05) is 0 Å². The lowest BCUT2D eigenvalue weighted by atomic mass is 9.98. The van der Waals surface area contributed by atoms with Gasteiger partial charge in [-0.2, -0.15) is 13.2 Å². The minimum Gasteiger partial charge on any atom is -0.481 e. The molecule has 0 saturated heterocycles. The summed E-state index contributed by atoms with van der Waals surface area (Å²) in [5.74, 6) is -4.18. The maximum absolute atomic E-state index is 12.4. The SMILES string of the molecule is Cc1ccc(C[C@H](C(=O)O)C(F)(F)F)cc1. The van der Waals surface area contributed by atoms with Crippen molar-refractivity contribution in [3.8, 4) is 0 Å². The number of rotatable bonds is 3. The molecule has 5 heteroatoms. The van der Waals surface area contributed by atoms with Crippen molar-refractivity contribution in [3.63, 3.8) is 0 Å². The molecule has 1 aromatic carbocycles. The Morgan fingerprint density at radius 2 is 1.81 bits per heavy atom. The van der Waals surface area contributed by atoms with Crippen LogP contribution in [0.1, 0.15) is 11.1 Å². The highest BCUT2D eigenvalue weighted by atomic mass is 19.4. The zero-order valence-corrected chi connectivity index (χ0v) is 8.58. The van der Waals surface area contributed by atoms with Gasteiger partial charge in [-0.25, -0.2) is 0 Å². The van der Waals surface area contributed by atoms with E-state index in [-0.39, 0.29) is 0 Å². The number of hydrogen-bond acceptors (Lipinski definition) is 1. The monoisotopic (exact) mass is 232 g/mol.